The second-order valence-corrected chi connectivity index (χ2v) is 8.05. The van der Waals surface area contributed by atoms with Crippen molar-refractivity contribution in [1.29, 1.82) is 0 Å². The van der Waals surface area contributed by atoms with Gasteiger partial charge in [0.1, 0.15) is 5.82 Å². The van der Waals surface area contributed by atoms with Crippen molar-refractivity contribution in [1.82, 2.24) is 19.9 Å². The van der Waals surface area contributed by atoms with Crippen LogP contribution in [0.5, 0.6) is 0 Å². The molecule has 1 unspecified atom stereocenters. The number of benzene rings is 2. The monoisotopic (exact) mass is 411 g/mol. The molecular weight excluding hydrogens is 386 g/mol. The lowest BCUT2D eigenvalue weighted by molar-refractivity contribution is 0.153. The van der Waals surface area contributed by atoms with Crippen LogP contribution in [0.25, 0.3) is 11.0 Å². The van der Waals surface area contributed by atoms with E-state index in [1.54, 1.807) is 0 Å². The van der Waals surface area contributed by atoms with Crippen molar-refractivity contribution < 1.29 is 5.21 Å². The molecule has 0 fully saturated rings. The zero-order valence-electron chi connectivity index (χ0n) is 17.3. The highest BCUT2D eigenvalue weighted by Gasteiger charge is 2.28. The normalized spacial score (nSPS) is 16.2. The summed E-state index contributed by atoms with van der Waals surface area (Å²) in [4.78, 5) is 15.5. The first kappa shape index (κ1) is 19.5. The number of imidazole rings is 1. The van der Waals surface area contributed by atoms with Gasteiger partial charge in [0.05, 0.1) is 35.5 Å². The van der Waals surface area contributed by atoms with Crippen molar-refractivity contribution in [3.8, 4) is 0 Å². The fraction of sp³-hybridized carbons (Fsp3) is 0.240. The molecule has 156 valence electrons. The Balaban J connectivity index is 1.47. The third-order valence-corrected chi connectivity index (χ3v) is 5.97. The molecule has 31 heavy (non-hydrogen) atoms. The van der Waals surface area contributed by atoms with Crippen molar-refractivity contribution in [2.75, 3.05) is 0 Å². The number of nitrogens with zero attached hydrogens (tertiary/aromatic N) is 4. The number of pyridine rings is 1. The Morgan fingerprint density at radius 3 is 2.77 bits per heavy atom. The van der Waals surface area contributed by atoms with Crippen molar-refractivity contribution in [3.05, 3.63) is 95.1 Å². The standard InChI is InChI=1S/C25H25N5O/c31-27-15-18-10-12-19(13-11-18)16-30(17-24-28-21-7-1-2-8-22(21)29-24)23-9-3-5-20-6-4-14-26-25(20)23/h1-2,4,6-8,10-15,23,31H,3,5,9,16-17H2,(H,28,29). The van der Waals surface area contributed by atoms with Crippen LogP contribution in [0.3, 0.4) is 0 Å². The lowest BCUT2D eigenvalue weighted by Gasteiger charge is -2.34. The maximum absolute atomic E-state index is 8.77. The summed E-state index contributed by atoms with van der Waals surface area (Å²) < 4.78 is 0. The molecule has 2 heterocycles. The van der Waals surface area contributed by atoms with Crippen LogP contribution in [-0.2, 0) is 19.5 Å². The molecule has 1 aliphatic carbocycles. The molecule has 0 amide bonds. The Kier molecular flexibility index (Phi) is 5.46. The highest BCUT2D eigenvalue weighted by Crippen LogP contribution is 2.34. The highest BCUT2D eigenvalue weighted by molar-refractivity contribution is 5.79. The first-order valence-electron chi connectivity index (χ1n) is 10.7. The molecule has 0 radical (unpaired) electrons. The molecule has 0 saturated carbocycles. The van der Waals surface area contributed by atoms with E-state index in [9.17, 15) is 0 Å². The summed E-state index contributed by atoms with van der Waals surface area (Å²) in [6.45, 7) is 1.50. The Morgan fingerprint density at radius 2 is 1.94 bits per heavy atom. The minimum absolute atomic E-state index is 0.247. The van der Waals surface area contributed by atoms with E-state index in [1.165, 1.54) is 23.0 Å². The minimum Gasteiger partial charge on any atom is -0.411 e. The molecule has 0 spiro atoms. The van der Waals surface area contributed by atoms with E-state index in [0.717, 1.165) is 54.8 Å². The quantitative estimate of drug-likeness (QED) is 0.270. The zero-order valence-corrected chi connectivity index (χ0v) is 17.3. The molecule has 0 bridgehead atoms. The van der Waals surface area contributed by atoms with E-state index in [0.29, 0.717) is 0 Å². The van der Waals surface area contributed by atoms with E-state index in [-0.39, 0.29) is 6.04 Å². The van der Waals surface area contributed by atoms with Crippen LogP contribution >= 0.6 is 0 Å². The molecule has 2 N–H and O–H groups in total. The lowest BCUT2D eigenvalue weighted by atomic mass is 9.90. The number of oxime groups is 1. The Morgan fingerprint density at radius 1 is 1.06 bits per heavy atom. The van der Waals surface area contributed by atoms with Gasteiger partial charge in [-0.3, -0.25) is 9.88 Å². The Labute approximate surface area is 181 Å². The molecule has 2 aromatic heterocycles. The topological polar surface area (TPSA) is 77.4 Å². The highest BCUT2D eigenvalue weighted by atomic mass is 16.4. The van der Waals surface area contributed by atoms with Gasteiger partial charge in [-0.05, 0) is 54.2 Å². The SMILES string of the molecule is ON=Cc1ccc(CN(Cc2nc3ccccc3[nH]2)C2CCCc3cccnc32)cc1. The number of aromatic nitrogens is 3. The van der Waals surface area contributed by atoms with Gasteiger partial charge < -0.3 is 10.2 Å². The maximum Gasteiger partial charge on any atom is 0.121 e. The number of hydrogen-bond donors (Lipinski definition) is 2. The first-order valence-corrected chi connectivity index (χ1v) is 10.7. The summed E-state index contributed by atoms with van der Waals surface area (Å²) in [6.07, 6.45) is 6.68. The van der Waals surface area contributed by atoms with Crippen molar-refractivity contribution in [3.63, 3.8) is 0 Å². The third kappa shape index (κ3) is 4.20. The minimum atomic E-state index is 0.247. The number of aromatic amines is 1. The summed E-state index contributed by atoms with van der Waals surface area (Å²) in [7, 11) is 0. The third-order valence-electron chi connectivity index (χ3n) is 5.97. The fourth-order valence-electron chi connectivity index (χ4n) is 4.50. The van der Waals surface area contributed by atoms with Crippen LogP contribution in [-0.4, -0.2) is 31.3 Å². The molecule has 6 nitrogen and oxygen atoms in total. The molecular formula is C25H25N5O. The molecule has 5 rings (SSSR count). The zero-order chi connectivity index (χ0) is 21.0. The predicted octanol–water partition coefficient (Wildman–Crippen LogP) is 4.85. The van der Waals surface area contributed by atoms with Crippen LogP contribution in [0.4, 0.5) is 0 Å². The smallest absolute Gasteiger partial charge is 0.121 e. The Hall–Kier alpha value is -3.51. The van der Waals surface area contributed by atoms with E-state index >= 15 is 0 Å². The average molecular weight is 412 g/mol. The number of hydrogen-bond acceptors (Lipinski definition) is 5. The molecule has 2 aromatic carbocycles. The largest absolute Gasteiger partial charge is 0.411 e. The number of fused-ring (bicyclic) bond motifs is 2. The first-order chi connectivity index (χ1) is 15.3. The van der Waals surface area contributed by atoms with Crippen LogP contribution in [0.2, 0.25) is 0 Å². The number of rotatable bonds is 6. The van der Waals surface area contributed by atoms with Crippen molar-refractivity contribution >= 4 is 17.2 Å². The second kappa shape index (κ2) is 8.70. The van der Waals surface area contributed by atoms with E-state index in [4.69, 9.17) is 15.2 Å². The maximum atomic E-state index is 8.77. The van der Waals surface area contributed by atoms with Gasteiger partial charge in [-0.15, -0.1) is 0 Å². The van der Waals surface area contributed by atoms with Gasteiger partial charge in [-0.1, -0.05) is 47.6 Å². The van der Waals surface area contributed by atoms with Gasteiger partial charge in [-0.25, -0.2) is 4.98 Å². The number of H-pyrrole nitrogens is 1. The average Bonchev–Trinajstić information content (AvgIpc) is 3.22. The van der Waals surface area contributed by atoms with E-state index in [1.807, 2.05) is 42.6 Å². The van der Waals surface area contributed by atoms with Gasteiger partial charge in [0.15, 0.2) is 0 Å². The molecule has 0 aliphatic heterocycles. The number of para-hydroxylation sites is 2. The van der Waals surface area contributed by atoms with Gasteiger partial charge in [0, 0.05) is 12.7 Å². The molecule has 0 saturated heterocycles. The van der Waals surface area contributed by atoms with Crippen LogP contribution in [0.15, 0.2) is 72.0 Å². The molecule has 6 heteroatoms. The summed E-state index contributed by atoms with van der Waals surface area (Å²) >= 11 is 0. The van der Waals surface area contributed by atoms with Crippen LogP contribution in [0.1, 0.15) is 47.1 Å². The molecule has 1 aliphatic rings. The van der Waals surface area contributed by atoms with E-state index < -0.39 is 0 Å². The summed E-state index contributed by atoms with van der Waals surface area (Å²) in [5.41, 5.74) is 6.67. The summed E-state index contributed by atoms with van der Waals surface area (Å²) in [6, 6.07) is 20.8. The van der Waals surface area contributed by atoms with Crippen molar-refractivity contribution in [2.45, 2.75) is 38.4 Å². The lowest BCUT2D eigenvalue weighted by Crippen LogP contribution is -2.31. The predicted molar refractivity (Wildman–Crippen MR) is 121 cm³/mol. The fourth-order valence-corrected chi connectivity index (χ4v) is 4.50. The van der Waals surface area contributed by atoms with Gasteiger partial charge in [-0.2, -0.15) is 0 Å². The van der Waals surface area contributed by atoms with Crippen LogP contribution < -0.4 is 0 Å². The summed E-state index contributed by atoms with van der Waals surface area (Å²) in [5.74, 6) is 0.966. The van der Waals surface area contributed by atoms with Gasteiger partial charge in [0.2, 0.25) is 0 Å². The van der Waals surface area contributed by atoms with Crippen LogP contribution in [0, 0.1) is 0 Å². The van der Waals surface area contributed by atoms with E-state index in [2.05, 4.69) is 39.3 Å². The second-order valence-electron chi connectivity index (χ2n) is 8.05. The Bertz CT molecular complexity index is 1170. The number of nitrogens with one attached hydrogen (secondary N) is 1. The molecule has 4 aromatic rings. The number of aryl methyl sites for hydroxylation is 1. The van der Waals surface area contributed by atoms with Gasteiger partial charge >= 0.3 is 0 Å². The van der Waals surface area contributed by atoms with Crippen molar-refractivity contribution in [2.24, 2.45) is 5.16 Å². The molecule has 1 atom stereocenters. The van der Waals surface area contributed by atoms with Gasteiger partial charge in [0.25, 0.3) is 0 Å². The summed E-state index contributed by atoms with van der Waals surface area (Å²) in [5, 5.41) is 11.9.